The molecule has 0 fully saturated rings. The SMILES string of the molecule is CCOC(=O)c1sc(NC(=O)c2oc3ccccc3c2COC)cc1C. The van der Waals surface area contributed by atoms with E-state index < -0.39 is 0 Å². The van der Waals surface area contributed by atoms with E-state index in [0.29, 0.717) is 27.6 Å². The Morgan fingerprint density at radius 3 is 2.77 bits per heavy atom. The van der Waals surface area contributed by atoms with Gasteiger partial charge >= 0.3 is 5.97 Å². The van der Waals surface area contributed by atoms with Gasteiger partial charge in [-0.25, -0.2) is 4.79 Å². The Morgan fingerprint density at radius 2 is 2.04 bits per heavy atom. The molecule has 7 heteroatoms. The number of carbonyl (C=O) groups excluding carboxylic acids is 2. The molecule has 0 saturated heterocycles. The van der Waals surface area contributed by atoms with E-state index in [0.717, 1.165) is 10.9 Å². The van der Waals surface area contributed by atoms with Crippen molar-refractivity contribution in [2.45, 2.75) is 20.5 Å². The summed E-state index contributed by atoms with van der Waals surface area (Å²) < 4.78 is 16.0. The molecule has 136 valence electrons. The Kier molecular flexibility index (Phi) is 5.39. The topological polar surface area (TPSA) is 77.8 Å². The third kappa shape index (κ3) is 3.49. The van der Waals surface area contributed by atoms with Crippen LogP contribution in [-0.4, -0.2) is 25.6 Å². The Morgan fingerprint density at radius 1 is 1.27 bits per heavy atom. The first-order valence-electron chi connectivity index (χ1n) is 8.13. The van der Waals surface area contributed by atoms with Gasteiger partial charge in [-0.15, -0.1) is 11.3 Å². The molecular weight excluding hydrogens is 354 g/mol. The van der Waals surface area contributed by atoms with Crippen molar-refractivity contribution < 1.29 is 23.5 Å². The second-order valence-corrected chi connectivity index (χ2v) is 6.69. The van der Waals surface area contributed by atoms with Crippen molar-refractivity contribution >= 4 is 39.2 Å². The minimum atomic E-state index is -0.390. The number of ether oxygens (including phenoxy) is 2. The summed E-state index contributed by atoms with van der Waals surface area (Å²) in [6.07, 6.45) is 0. The second kappa shape index (κ2) is 7.72. The molecule has 0 aliphatic rings. The van der Waals surface area contributed by atoms with Gasteiger partial charge in [-0.2, -0.15) is 0 Å². The Balaban J connectivity index is 1.89. The zero-order valence-electron chi connectivity index (χ0n) is 14.8. The van der Waals surface area contributed by atoms with E-state index in [1.807, 2.05) is 18.2 Å². The van der Waals surface area contributed by atoms with Crippen LogP contribution in [0.5, 0.6) is 0 Å². The lowest BCUT2D eigenvalue weighted by Crippen LogP contribution is -2.12. The number of anilines is 1. The third-order valence-electron chi connectivity index (χ3n) is 3.81. The van der Waals surface area contributed by atoms with Gasteiger partial charge < -0.3 is 19.2 Å². The minimum Gasteiger partial charge on any atom is -0.462 e. The molecule has 0 radical (unpaired) electrons. The highest BCUT2D eigenvalue weighted by Crippen LogP contribution is 2.30. The summed E-state index contributed by atoms with van der Waals surface area (Å²) in [5.41, 5.74) is 2.07. The van der Waals surface area contributed by atoms with E-state index in [1.165, 1.54) is 11.3 Å². The molecule has 0 unspecified atom stereocenters. The van der Waals surface area contributed by atoms with E-state index in [1.54, 1.807) is 33.1 Å². The number of fused-ring (bicyclic) bond motifs is 1. The van der Waals surface area contributed by atoms with Crippen LogP contribution in [0.15, 0.2) is 34.7 Å². The van der Waals surface area contributed by atoms with Crippen LogP contribution in [0, 0.1) is 6.92 Å². The number of benzene rings is 1. The molecular formula is C19H19NO5S. The molecule has 0 atom stereocenters. The number of rotatable bonds is 6. The van der Waals surface area contributed by atoms with Crippen LogP contribution >= 0.6 is 11.3 Å². The van der Waals surface area contributed by atoms with Crippen molar-refractivity contribution in [2.75, 3.05) is 19.0 Å². The van der Waals surface area contributed by atoms with Crippen molar-refractivity contribution in [3.8, 4) is 0 Å². The van der Waals surface area contributed by atoms with E-state index in [9.17, 15) is 9.59 Å². The number of furan rings is 1. The van der Waals surface area contributed by atoms with Gasteiger partial charge in [0.2, 0.25) is 0 Å². The average Bonchev–Trinajstić information content (AvgIpc) is 3.16. The molecule has 3 aromatic rings. The van der Waals surface area contributed by atoms with Crippen LogP contribution < -0.4 is 5.32 Å². The minimum absolute atomic E-state index is 0.205. The summed E-state index contributed by atoms with van der Waals surface area (Å²) in [5.74, 6) is -0.569. The lowest BCUT2D eigenvalue weighted by Gasteiger charge is -2.03. The van der Waals surface area contributed by atoms with E-state index in [2.05, 4.69) is 5.32 Å². The predicted octanol–water partition coefficient (Wildman–Crippen LogP) is 4.38. The molecule has 0 spiro atoms. The van der Waals surface area contributed by atoms with Crippen LogP contribution in [0.1, 0.15) is 38.3 Å². The lowest BCUT2D eigenvalue weighted by atomic mass is 10.1. The van der Waals surface area contributed by atoms with Crippen molar-refractivity contribution in [3.05, 3.63) is 52.1 Å². The maximum Gasteiger partial charge on any atom is 0.348 e. The molecule has 2 heterocycles. The van der Waals surface area contributed by atoms with Crippen molar-refractivity contribution in [1.29, 1.82) is 0 Å². The monoisotopic (exact) mass is 373 g/mol. The summed E-state index contributed by atoms with van der Waals surface area (Å²) in [6, 6.07) is 9.16. The summed E-state index contributed by atoms with van der Waals surface area (Å²) >= 11 is 1.18. The van der Waals surface area contributed by atoms with E-state index in [4.69, 9.17) is 13.9 Å². The zero-order valence-corrected chi connectivity index (χ0v) is 15.6. The van der Waals surface area contributed by atoms with Gasteiger partial charge in [0, 0.05) is 18.1 Å². The molecule has 3 rings (SSSR count). The number of hydrogen-bond acceptors (Lipinski definition) is 6. The zero-order chi connectivity index (χ0) is 18.7. The molecule has 0 bridgehead atoms. The lowest BCUT2D eigenvalue weighted by molar-refractivity contribution is 0.0531. The van der Waals surface area contributed by atoms with Gasteiger partial charge in [0.1, 0.15) is 10.5 Å². The number of nitrogens with one attached hydrogen (secondary N) is 1. The van der Waals surface area contributed by atoms with Gasteiger partial charge in [0.15, 0.2) is 5.76 Å². The van der Waals surface area contributed by atoms with Crippen LogP contribution in [0.4, 0.5) is 5.00 Å². The fourth-order valence-corrected chi connectivity index (χ4v) is 3.64. The molecule has 1 N–H and O–H groups in total. The number of para-hydroxylation sites is 1. The van der Waals surface area contributed by atoms with Gasteiger partial charge in [-0.05, 0) is 31.5 Å². The Hall–Kier alpha value is -2.64. The van der Waals surface area contributed by atoms with Gasteiger partial charge in [0.05, 0.1) is 18.2 Å². The number of aryl methyl sites for hydroxylation is 1. The highest BCUT2D eigenvalue weighted by Gasteiger charge is 2.22. The van der Waals surface area contributed by atoms with Gasteiger partial charge in [-0.3, -0.25) is 4.79 Å². The molecule has 2 aromatic heterocycles. The number of thiophene rings is 1. The molecule has 0 saturated carbocycles. The average molecular weight is 373 g/mol. The number of methoxy groups -OCH3 is 1. The van der Waals surface area contributed by atoms with Crippen LogP contribution in [0.3, 0.4) is 0 Å². The molecule has 26 heavy (non-hydrogen) atoms. The third-order valence-corrected chi connectivity index (χ3v) is 4.94. The number of amides is 1. The Labute approximate surface area is 154 Å². The molecule has 6 nitrogen and oxygen atoms in total. The van der Waals surface area contributed by atoms with Gasteiger partial charge in [-0.1, -0.05) is 18.2 Å². The van der Waals surface area contributed by atoms with E-state index >= 15 is 0 Å². The molecule has 1 amide bonds. The summed E-state index contributed by atoms with van der Waals surface area (Å²) in [5, 5.41) is 4.20. The number of hydrogen-bond donors (Lipinski definition) is 1. The quantitative estimate of drug-likeness (QED) is 0.649. The smallest absolute Gasteiger partial charge is 0.348 e. The van der Waals surface area contributed by atoms with Crippen molar-refractivity contribution in [2.24, 2.45) is 0 Å². The summed E-state index contributed by atoms with van der Waals surface area (Å²) in [7, 11) is 1.57. The number of carbonyl (C=O) groups is 2. The fourth-order valence-electron chi connectivity index (χ4n) is 2.68. The van der Waals surface area contributed by atoms with Crippen LogP contribution in [-0.2, 0) is 16.1 Å². The van der Waals surface area contributed by atoms with Gasteiger partial charge in [0.25, 0.3) is 5.91 Å². The van der Waals surface area contributed by atoms with Crippen LogP contribution in [0.2, 0.25) is 0 Å². The van der Waals surface area contributed by atoms with Crippen molar-refractivity contribution in [1.82, 2.24) is 0 Å². The first-order chi connectivity index (χ1) is 12.5. The molecule has 1 aromatic carbocycles. The summed E-state index contributed by atoms with van der Waals surface area (Å²) in [6.45, 7) is 4.12. The van der Waals surface area contributed by atoms with Crippen LogP contribution in [0.25, 0.3) is 11.0 Å². The normalized spacial score (nSPS) is 10.9. The number of esters is 1. The molecule has 0 aliphatic carbocycles. The predicted molar refractivity (Wildman–Crippen MR) is 99.9 cm³/mol. The van der Waals surface area contributed by atoms with Crippen molar-refractivity contribution in [3.63, 3.8) is 0 Å². The fraction of sp³-hybridized carbons (Fsp3) is 0.263. The second-order valence-electron chi connectivity index (χ2n) is 5.64. The van der Waals surface area contributed by atoms with E-state index in [-0.39, 0.29) is 24.2 Å². The standard InChI is InChI=1S/C19H19NO5S/c1-4-24-19(22)17-11(2)9-15(26-17)20-18(21)16-13(10-23-3)12-7-5-6-8-14(12)25-16/h5-9H,4,10H2,1-3H3,(H,20,21). The maximum absolute atomic E-state index is 12.7. The summed E-state index contributed by atoms with van der Waals surface area (Å²) in [4.78, 5) is 25.1. The largest absolute Gasteiger partial charge is 0.462 e. The Bertz CT molecular complexity index is 956. The maximum atomic E-state index is 12.7. The highest BCUT2D eigenvalue weighted by atomic mass is 32.1. The molecule has 0 aliphatic heterocycles. The first kappa shape index (κ1) is 18.2. The highest BCUT2D eigenvalue weighted by molar-refractivity contribution is 7.18. The first-order valence-corrected chi connectivity index (χ1v) is 8.95.